The van der Waals surface area contributed by atoms with Crippen LogP contribution in [-0.2, 0) is 0 Å². The van der Waals surface area contributed by atoms with Crippen LogP contribution in [0.3, 0.4) is 0 Å². The molecule has 2 aliphatic carbocycles. The number of rotatable bonds is 4. The molecule has 0 aromatic heterocycles. The largest absolute Gasteiger partial charge is 0.365 e. The van der Waals surface area contributed by atoms with Gasteiger partial charge in [0.15, 0.2) is 0 Å². The zero-order valence-corrected chi connectivity index (χ0v) is 16.6. The van der Waals surface area contributed by atoms with E-state index in [2.05, 4.69) is 88.0 Å². The van der Waals surface area contributed by atoms with Gasteiger partial charge in [-0.15, -0.1) is 0 Å². The lowest BCUT2D eigenvalue weighted by Crippen LogP contribution is -2.63. The zero-order valence-electron chi connectivity index (χ0n) is 16.6. The molecule has 4 atom stereocenters. The summed E-state index contributed by atoms with van der Waals surface area (Å²) in [6.07, 6.45) is 16.7. The minimum absolute atomic E-state index is 0.286. The van der Waals surface area contributed by atoms with Crippen molar-refractivity contribution >= 4 is 22.1 Å². The Morgan fingerprint density at radius 2 is 1.69 bits per heavy atom. The van der Waals surface area contributed by atoms with Gasteiger partial charge in [0.1, 0.15) is 0 Å². The topological polar surface area (TPSA) is 48.1 Å². The average Bonchev–Trinajstić information content (AvgIpc) is 2.75. The smallest absolute Gasteiger partial charge is 0.0964 e. The van der Waals surface area contributed by atoms with E-state index >= 15 is 0 Å². The molecule has 0 bridgehead atoms. The minimum atomic E-state index is 0.286. The summed E-state index contributed by atoms with van der Waals surface area (Å²) >= 11 is 0. The first-order valence-corrected chi connectivity index (χ1v) is 11.0. The summed E-state index contributed by atoms with van der Waals surface area (Å²) in [6.45, 7) is 0. The van der Waals surface area contributed by atoms with Crippen LogP contribution >= 0.6 is 0 Å². The van der Waals surface area contributed by atoms with Gasteiger partial charge < -0.3 is 10.6 Å². The molecule has 0 amide bonds. The SMILES string of the molecule is C1=CC2NC(CCCC3Nc4cccc5cccc(c45)N3)NC3CC=CC(=C1)C23. The molecule has 4 nitrogen and oxygen atoms in total. The van der Waals surface area contributed by atoms with E-state index in [4.69, 9.17) is 0 Å². The molecule has 4 unspecified atom stereocenters. The Balaban J connectivity index is 1.09. The van der Waals surface area contributed by atoms with Gasteiger partial charge in [-0.3, -0.25) is 10.6 Å². The summed E-state index contributed by atoms with van der Waals surface area (Å²) < 4.78 is 0. The highest BCUT2D eigenvalue weighted by Gasteiger charge is 2.38. The molecular formula is C25H28N4. The summed E-state index contributed by atoms with van der Waals surface area (Å²) in [5.74, 6) is 0.583. The van der Waals surface area contributed by atoms with Crippen molar-refractivity contribution in [2.24, 2.45) is 5.92 Å². The molecule has 2 heterocycles. The van der Waals surface area contributed by atoms with E-state index in [1.54, 1.807) is 0 Å². The molecule has 6 rings (SSSR count). The van der Waals surface area contributed by atoms with Gasteiger partial charge in [-0.1, -0.05) is 54.6 Å². The fourth-order valence-electron chi connectivity index (χ4n) is 5.57. The molecule has 2 aromatic rings. The number of allylic oxidation sites excluding steroid dienone is 3. The van der Waals surface area contributed by atoms with Gasteiger partial charge in [0, 0.05) is 34.8 Å². The molecule has 4 aliphatic rings. The van der Waals surface area contributed by atoms with Gasteiger partial charge in [-0.25, -0.2) is 0 Å². The van der Waals surface area contributed by atoms with Gasteiger partial charge in [0.05, 0.1) is 12.3 Å². The average molecular weight is 385 g/mol. The van der Waals surface area contributed by atoms with Gasteiger partial charge in [0.2, 0.25) is 0 Å². The Labute approximate surface area is 172 Å². The van der Waals surface area contributed by atoms with E-state index in [0.29, 0.717) is 24.2 Å². The molecule has 1 fully saturated rings. The van der Waals surface area contributed by atoms with Crippen molar-refractivity contribution in [2.75, 3.05) is 10.6 Å². The summed E-state index contributed by atoms with van der Waals surface area (Å²) in [4.78, 5) is 0. The lowest BCUT2D eigenvalue weighted by atomic mass is 9.75. The first kappa shape index (κ1) is 17.3. The molecule has 2 aromatic carbocycles. The first-order valence-electron chi connectivity index (χ1n) is 11.0. The molecule has 148 valence electrons. The highest BCUT2D eigenvalue weighted by molar-refractivity contribution is 6.04. The monoisotopic (exact) mass is 384 g/mol. The second-order valence-corrected chi connectivity index (χ2v) is 8.72. The van der Waals surface area contributed by atoms with Crippen LogP contribution in [0.1, 0.15) is 25.7 Å². The third-order valence-corrected chi connectivity index (χ3v) is 6.87. The second-order valence-electron chi connectivity index (χ2n) is 8.72. The van der Waals surface area contributed by atoms with Crippen molar-refractivity contribution in [1.82, 2.24) is 10.6 Å². The highest BCUT2D eigenvalue weighted by Crippen LogP contribution is 2.36. The molecule has 29 heavy (non-hydrogen) atoms. The summed E-state index contributed by atoms with van der Waals surface area (Å²) in [5, 5.41) is 17.7. The second kappa shape index (κ2) is 7.05. The molecule has 4 N–H and O–H groups in total. The number of hydrogen-bond donors (Lipinski definition) is 4. The maximum absolute atomic E-state index is 3.88. The standard InChI is InChI=1S/C25H28N4/c1-6-16-7-2-11-19-24(16)18(10-1)26-22(27-19)14-5-15-23-28-20-12-3-8-17-9-4-13-21(29-23)25(17)20/h1-4,6-12,20-23,25-29H,5,13-15H2. The van der Waals surface area contributed by atoms with Crippen LogP contribution in [0.5, 0.6) is 0 Å². The lowest BCUT2D eigenvalue weighted by Gasteiger charge is -2.46. The number of benzene rings is 2. The fourth-order valence-corrected chi connectivity index (χ4v) is 5.57. The van der Waals surface area contributed by atoms with E-state index in [-0.39, 0.29) is 6.17 Å². The Bertz CT molecular complexity index is 980. The fraction of sp³-hybridized carbons (Fsp3) is 0.360. The number of anilines is 2. The molecular weight excluding hydrogens is 356 g/mol. The quantitative estimate of drug-likeness (QED) is 0.627. The lowest BCUT2D eigenvalue weighted by molar-refractivity contribution is 0.195. The Morgan fingerprint density at radius 3 is 2.52 bits per heavy atom. The van der Waals surface area contributed by atoms with Gasteiger partial charge in [0.25, 0.3) is 0 Å². The van der Waals surface area contributed by atoms with Crippen molar-refractivity contribution in [2.45, 2.75) is 50.1 Å². The van der Waals surface area contributed by atoms with Crippen molar-refractivity contribution in [1.29, 1.82) is 0 Å². The predicted octanol–water partition coefficient (Wildman–Crippen LogP) is 4.50. The maximum Gasteiger partial charge on any atom is 0.0964 e. The van der Waals surface area contributed by atoms with Crippen LogP contribution in [0.25, 0.3) is 10.8 Å². The summed E-state index contributed by atoms with van der Waals surface area (Å²) in [5.41, 5.74) is 3.97. The Hall–Kier alpha value is -2.56. The van der Waals surface area contributed by atoms with Crippen LogP contribution in [0.15, 0.2) is 72.4 Å². The van der Waals surface area contributed by atoms with Crippen LogP contribution in [0.2, 0.25) is 0 Å². The summed E-state index contributed by atoms with van der Waals surface area (Å²) in [6, 6.07) is 14.1. The molecule has 1 saturated heterocycles. The number of nitrogens with one attached hydrogen (secondary N) is 4. The van der Waals surface area contributed by atoms with Gasteiger partial charge >= 0.3 is 0 Å². The van der Waals surface area contributed by atoms with Gasteiger partial charge in [-0.2, -0.15) is 0 Å². The van der Waals surface area contributed by atoms with E-state index in [0.717, 1.165) is 19.3 Å². The van der Waals surface area contributed by atoms with E-state index in [1.807, 2.05) is 0 Å². The predicted molar refractivity (Wildman–Crippen MR) is 121 cm³/mol. The molecule has 0 spiro atoms. The Morgan fingerprint density at radius 1 is 0.897 bits per heavy atom. The van der Waals surface area contributed by atoms with E-state index in [9.17, 15) is 0 Å². The van der Waals surface area contributed by atoms with Crippen molar-refractivity contribution in [3.05, 3.63) is 72.4 Å². The van der Waals surface area contributed by atoms with Crippen molar-refractivity contribution in [3.8, 4) is 0 Å². The first-order chi connectivity index (χ1) is 14.3. The van der Waals surface area contributed by atoms with E-state index in [1.165, 1.54) is 34.1 Å². The molecule has 0 radical (unpaired) electrons. The summed E-state index contributed by atoms with van der Waals surface area (Å²) in [7, 11) is 0. The normalized spacial score (nSPS) is 29.7. The van der Waals surface area contributed by atoms with Crippen LogP contribution in [-0.4, -0.2) is 24.4 Å². The van der Waals surface area contributed by atoms with Crippen molar-refractivity contribution < 1.29 is 0 Å². The van der Waals surface area contributed by atoms with Crippen molar-refractivity contribution in [3.63, 3.8) is 0 Å². The molecule has 4 heteroatoms. The third-order valence-electron chi connectivity index (χ3n) is 6.87. The van der Waals surface area contributed by atoms with Gasteiger partial charge in [-0.05, 0) is 48.8 Å². The minimum Gasteiger partial charge on any atom is -0.365 e. The van der Waals surface area contributed by atoms with Crippen LogP contribution in [0.4, 0.5) is 11.4 Å². The van der Waals surface area contributed by atoms with E-state index < -0.39 is 0 Å². The third kappa shape index (κ3) is 3.07. The molecule has 0 saturated carbocycles. The Kier molecular flexibility index (Phi) is 4.21. The zero-order chi connectivity index (χ0) is 19.2. The number of hydrogen-bond acceptors (Lipinski definition) is 4. The van der Waals surface area contributed by atoms with Crippen LogP contribution < -0.4 is 21.3 Å². The van der Waals surface area contributed by atoms with Crippen LogP contribution in [0, 0.1) is 5.92 Å². The maximum atomic E-state index is 3.88. The molecule has 2 aliphatic heterocycles. The highest BCUT2D eigenvalue weighted by atomic mass is 15.2.